The van der Waals surface area contributed by atoms with Crippen LogP contribution in [0.25, 0.3) is 11.0 Å². The van der Waals surface area contributed by atoms with Crippen LogP contribution in [0, 0.1) is 5.92 Å². The maximum atomic E-state index is 11.4. The molecule has 2 rings (SSSR count). The Morgan fingerprint density at radius 1 is 1.42 bits per heavy atom. The lowest BCUT2D eigenvalue weighted by atomic mass is 10.2. The van der Waals surface area contributed by atoms with Crippen molar-refractivity contribution in [2.45, 2.75) is 25.5 Å². The van der Waals surface area contributed by atoms with Crippen LogP contribution in [0.1, 0.15) is 13.8 Å². The van der Waals surface area contributed by atoms with Crippen molar-refractivity contribution in [2.75, 3.05) is 38.4 Å². The lowest BCUT2D eigenvalue weighted by molar-refractivity contribution is -0.124. The lowest BCUT2D eigenvalue weighted by Crippen LogP contribution is -2.30. The molecule has 9 heteroatoms. The minimum Gasteiger partial charge on any atom is -0.375 e. The Morgan fingerprint density at radius 3 is 2.88 bits per heavy atom. The maximum absolute atomic E-state index is 11.4. The highest BCUT2D eigenvalue weighted by molar-refractivity contribution is 7.98. The van der Waals surface area contributed by atoms with Gasteiger partial charge in [-0.1, -0.05) is 25.6 Å². The smallest absolute Gasteiger partial charge is 0.246 e. The molecule has 2 N–H and O–H groups in total. The molecule has 0 fully saturated rings. The molecule has 132 valence electrons. The van der Waals surface area contributed by atoms with Gasteiger partial charge in [-0.15, -0.1) is 0 Å². The van der Waals surface area contributed by atoms with Crippen molar-refractivity contribution in [1.82, 2.24) is 25.1 Å². The number of anilines is 1. The predicted molar refractivity (Wildman–Crippen MR) is 95.3 cm³/mol. The van der Waals surface area contributed by atoms with Crippen LogP contribution >= 0.6 is 11.8 Å². The number of carbonyl (C=O) groups excluding carboxylic acids is 1. The average Bonchev–Trinajstić information content (AvgIpc) is 2.96. The first-order valence-corrected chi connectivity index (χ1v) is 9.04. The normalized spacial score (nSPS) is 11.2. The predicted octanol–water partition coefficient (Wildman–Crippen LogP) is 1.38. The van der Waals surface area contributed by atoms with Crippen molar-refractivity contribution in [1.29, 1.82) is 0 Å². The topological polar surface area (TPSA) is 94.0 Å². The Morgan fingerprint density at radius 2 is 2.21 bits per heavy atom. The Balaban J connectivity index is 2.16. The second-order valence-corrected chi connectivity index (χ2v) is 6.50. The number of amides is 1. The van der Waals surface area contributed by atoms with E-state index in [1.165, 1.54) is 18.9 Å². The summed E-state index contributed by atoms with van der Waals surface area (Å²) in [6, 6.07) is 0. The zero-order valence-corrected chi connectivity index (χ0v) is 15.3. The van der Waals surface area contributed by atoms with Crippen molar-refractivity contribution in [2.24, 2.45) is 5.92 Å². The molecule has 0 radical (unpaired) electrons. The fourth-order valence-corrected chi connectivity index (χ4v) is 2.47. The molecule has 2 aromatic heterocycles. The quantitative estimate of drug-likeness (QED) is 0.520. The van der Waals surface area contributed by atoms with Gasteiger partial charge in [-0.05, 0) is 12.2 Å². The van der Waals surface area contributed by atoms with Crippen molar-refractivity contribution >= 4 is 34.5 Å². The van der Waals surface area contributed by atoms with E-state index in [4.69, 9.17) is 4.74 Å². The molecule has 0 aliphatic carbocycles. The number of nitrogens with one attached hydrogen (secondary N) is 2. The number of aromatic nitrogens is 4. The van der Waals surface area contributed by atoms with Gasteiger partial charge in [-0.25, -0.2) is 14.6 Å². The SMILES string of the molecule is COCC(=O)NCCn1ncc2c(NCC(C)C)nc(SC)nc21. The van der Waals surface area contributed by atoms with Gasteiger partial charge < -0.3 is 15.4 Å². The Hall–Kier alpha value is -1.87. The number of thioether (sulfide) groups is 1. The first-order chi connectivity index (χ1) is 11.5. The van der Waals surface area contributed by atoms with E-state index in [9.17, 15) is 4.79 Å². The summed E-state index contributed by atoms with van der Waals surface area (Å²) < 4.78 is 6.57. The number of ether oxygens (including phenoxy) is 1. The summed E-state index contributed by atoms with van der Waals surface area (Å²) in [5, 5.41) is 12.1. The zero-order chi connectivity index (χ0) is 17.5. The van der Waals surface area contributed by atoms with Gasteiger partial charge in [0, 0.05) is 20.2 Å². The molecular weight excluding hydrogens is 328 g/mol. The van der Waals surface area contributed by atoms with E-state index in [0.717, 1.165) is 23.4 Å². The van der Waals surface area contributed by atoms with Crippen molar-refractivity contribution < 1.29 is 9.53 Å². The molecule has 0 atom stereocenters. The number of fused-ring (bicyclic) bond motifs is 1. The standard InChI is InChI=1S/C15H24N6O2S/c1-10(2)7-17-13-11-8-18-21(6-5-16-12(22)9-23-3)14(11)20-15(19-13)24-4/h8,10H,5-7,9H2,1-4H3,(H,16,22)(H,17,19,20). The van der Waals surface area contributed by atoms with Crippen LogP contribution in [0.4, 0.5) is 5.82 Å². The Kier molecular flexibility index (Phi) is 6.80. The molecule has 0 aliphatic heterocycles. The largest absolute Gasteiger partial charge is 0.375 e. The van der Waals surface area contributed by atoms with Crippen LogP contribution in [0.2, 0.25) is 0 Å². The number of carbonyl (C=O) groups is 1. The zero-order valence-electron chi connectivity index (χ0n) is 14.5. The number of hydrogen-bond donors (Lipinski definition) is 2. The summed E-state index contributed by atoms with van der Waals surface area (Å²) in [6.45, 7) is 6.18. The van der Waals surface area contributed by atoms with Crippen LogP contribution < -0.4 is 10.6 Å². The lowest BCUT2D eigenvalue weighted by Gasteiger charge is -2.10. The number of nitrogens with zero attached hydrogens (tertiary/aromatic N) is 4. The molecule has 2 aromatic rings. The maximum Gasteiger partial charge on any atom is 0.246 e. The molecule has 0 unspecified atom stereocenters. The highest BCUT2D eigenvalue weighted by Crippen LogP contribution is 2.23. The molecule has 0 aliphatic rings. The summed E-state index contributed by atoms with van der Waals surface area (Å²) in [7, 11) is 1.49. The Labute approximate surface area is 145 Å². The van der Waals surface area contributed by atoms with Crippen LogP contribution in [0.5, 0.6) is 0 Å². The Bertz CT molecular complexity index is 688. The summed E-state index contributed by atoms with van der Waals surface area (Å²) in [5.74, 6) is 1.17. The number of rotatable bonds is 9. The molecule has 0 bridgehead atoms. The van der Waals surface area contributed by atoms with E-state index in [-0.39, 0.29) is 12.5 Å². The van der Waals surface area contributed by atoms with E-state index in [0.29, 0.717) is 24.2 Å². The van der Waals surface area contributed by atoms with E-state index < -0.39 is 0 Å². The molecule has 1 amide bonds. The van der Waals surface area contributed by atoms with E-state index in [1.807, 2.05) is 6.26 Å². The third kappa shape index (κ3) is 4.81. The molecule has 0 saturated carbocycles. The summed E-state index contributed by atoms with van der Waals surface area (Å²) >= 11 is 1.49. The highest BCUT2D eigenvalue weighted by atomic mass is 32.2. The van der Waals surface area contributed by atoms with Gasteiger partial charge in [0.15, 0.2) is 10.8 Å². The van der Waals surface area contributed by atoms with Gasteiger partial charge in [0.05, 0.1) is 18.1 Å². The fraction of sp³-hybridized carbons (Fsp3) is 0.600. The minimum absolute atomic E-state index is 0.0575. The first kappa shape index (κ1) is 18.5. The monoisotopic (exact) mass is 352 g/mol. The average molecular weight is 352 g/mol. The van der Waals surface area contributed by atoms with Crippen LogP contribution in [-0.4, -0.2) is 58.7 Å². The number of hydrogen-bond acceptors (Lipinski definition) is 7. The van der Waals surface area contributed by atoms with E-state index in [2.05, 4.69) is 39.5 Å². The van der Waals surface area contributed by atoms with Gasteiger partial charge in [-0.2, -0.15) is 5.10 Å². The van der Waals surface area contributed by atoms with Gasteiger partial charge in [0.25, 0.3) is 0 Å². The molecule has 0 saturated heterocycles. The second-order valence-electron chi connectivity index (χ2n) is 5.72. The van der Waals surface area contributed by atoms with Crippen molar-refractivity contribution in [3.05, 3.63) is 6.20 Å². The fourth-order valence-electron chi connectivity index (χ4n) is 2.11. The molecule has 0 spiro atoms. The van der Waals surface area contributed by atoms with Crippen molar-refractivity contribution in [3.8, 4) is 0 Å². The van der Waals surface area contributed by atoms with Crippen LogP contribution in [0.15, 0.2) is 11.4 Å². The minimum atomic E-state index is -0.146. The third-order valence-electron chi connectivity index (χ3n) is 3.26. The molecule has 2 heterocycles. The highest BCUT2D eigenvalue weighted by Gasteiger charge is 2.13. The van der Waals surface area contributed by atoms with Crippen LogP contribution in [-0.2, 0) is 16.1 Å². The van der Waals surface area contributed by atoms with Crippen molar-refractivity contribution in [3.63, 3.8) is 0 Å². The summed E-state index contributed by atoms with van der Waals surface area (Å²) in [4.78, 5) is 20.5. The van der Waals surface area contributed by atoms with Gasteiger partial charge in [-0.3, -0.25) is 4.79 Å². The summed E-state index contributed by atoms with van der Waals surface area (Å²) in [5.41, 5.74) is 0.765. The summed E-state index contributed by atoms with van der Waals surface area (Å²) in [6.07, 6.45) is 3.71. The third-order valence-corrected chi connectivity index (χ3v) is 3.80. The van der Waals surface area contributed by atoms with Crippen LogP contribution in [0.3, 0.4) is 0 Å². The molecule has 24 heavy (non-hydrogen) atoms. The van der Waals surface area contributed by atoms with E-state index >= 15 is 0 Å². The van der Waals surface area contributed by atoms with Gasteiger partial charge in [0.2, 0.25) is 5.91 Å². The molecule has 8 nitrogen and oxygen atoms in total. The molecular formula is C15H24N6O2S. The van der Waals surface area contributed by atoms with Gasteiger partial charge >= 0.3 is 0 Å². The van der Waals surface area contributed by atoms with Gasteiger partial charge in [0.1, 0.15) is 12.4 Å². The first-order valence-electron chi connectivity index (χ1n) is 7.82. The molecule has 0 aromatic carbocycles. The number of methoxy groups -OCH3 is 1. The van der Waals surface area contributed by atoms with E-state index in [1.54, 1.807) is 10.9 Å². The second kappa shape index (κ2) is 8.84.